The second-order valence-corrected chi connectivity index (χ2v) is 4.87. The number of anilines is 1. The first-order valence-corrected chi connectivity index (χ1v) is 6.82. The van der Waals surface area contributed by atoms with Crippen molar-refractivity contribution in [2.75, 3.05) is 5.32 Å². The van der Waals surface area contributed by atoms with Crippen molar-refractivity contribution in [1.29, 1.82) is 0 Å². The van der Waals surface area contributed by atoms with Crippen molar-refractivity contribution in [2.24, 2.45) is 0 Å². The highest BCUT2D eigenvalue weighted by molar-refractivity contribution is 5.89. The van der Waals surface area contributed by atoms with Crippen molar-refractivity contribution < 1.29 is 9.90 Å². The molecule has 2 amide bonds. The number of aromatic nitrogens is 1. The maximum absolute atomic E-state index is 11.9. The van der Waals surface area contributed by atoms with E-state index in [0.717, 1.165) is 11.3 Å². The smallest absolute Gasteiger partial charge is 0.319 e. The van der Waals surface area contributed by atoms with Crippen molar-refractivity contribution in [3.63, 3.8) is 0 Å². The topological polar surface area (TPSA) is 74.2 Å². The van der Waals surface area contributed by atoms with E-state index < -0.39 is 6.10 Å². The molecular formula is C16H19N3O2. The number of nitrogens with zero attached hydrogens (tertiary/aromatic N) is 1. The Kier molecular flexibility index (Phi) is 4.90. The molecule has 0 saturated carbocycles. The van der Waals surface area contributed by atoms with Gasteiger partial charge in [0.15, 0.2) is 0 Å². The fourth-order valence-electron chi connectivity index (χ4n) is 1.91. The lowest BCUT2D eigenvalue weighted by Gasteiger charge is -2.14. The summed E-state index contributed by atoms with van der Waals surface area (Å²) in [5.74, 6) is 0. The molecule has 3 N–H and O–H groups in total. The number of carbonyl (C=O) groups excluding carboxylic acids is 1. The highest BCUT2D eigenvalue weighted by Crippen LogP contribution is 2.16. The summed E-state index contributed by atoms with van der Waals surface area (Å²) in [7, 11) is 0. The van der Waals surface area contributed by atoms with Crippen molar-refractivity contribution in [1.82, 2.24) is 10.3 Å². The van der Waals surface area contributed by atoms with Crippen LogP contribution in [-0.4, -0.2) is 16.1 Å². The number of aliphatic hydroxyl groups is 1. The molecule has 1 aromatic carbocycles. The van der Waals surface area contributed by atoms with Crippen LogP contribution < -0.4 is 10.6 Å². The number of pyridine rings is 1. The Labute approximate surface area is 124 Å². The monoisotopic (exact) mass is 285 g/mol. The van der Waals surface area contributed by atoms with E-state index in [4.69, 9.17) is 0 Å². The Hall–Kier alpha value is -2.40. The first kappa shape index (κ1) is 15.0. The third-order valence-corrected chi connectivity index (χ3v) is 3.13. The van der Waals surface area contributed by atoms with Crippen molar-refractivity contribution in [3.05, 3.63) is 59.9 Å². The van der Waals surface area contributed by atoms with Gasteiger partial charge in [-0.1, -0.05) is 18.2 Å². The average molecular weight is 285 g/mol. The Balaban J connectivity index is 1.92. The fourth-order valence-corrected chi connectivity index (χ4v) is 1.91. The zero-order valence-electron chi connectivity index (χ0n) is 12.1. The lowest BCUT2D eigenvalue weighted by molar-refractivity contribution is 0.199. The summed E-state index contributed by atoms with van der Waals surface area (Å²) in [5, 5.41) is 15.0. The van der Waals surface area contributed by atoms with Crippen LogP contribution in [0.5, 0.6) is 0 Å². The SMILES string of the molecule is CC(O)c1ccc(NC(=O)NC(C)c2ccccn2)cc1. The number of aliphatic hydroxyl groups excluding tert-OH is 1. The van der Waals surface area contributed by atoms with E-state index in [-0.39, 0.29) is 12.1 Å². The van der Waals surface area contributed by atoms with Crippen LogP contribution in [0.3, 0.4) is 0 Å². The summed E-state index contributed by atoms with van der Waals surface area (Å²) in [5.41, 5.74) is 2.28. The minimum absolute atomic E-state index is 0.178. The van der Waals surface area contributed by atoms with Gasteiger partial charge in [0, 0.05) is 11.9 Å². The molecule has 0 aliphatic rings. The van der Waals surface area contributed by atoms with E-state index in [2.05, 4.69) is 15.6 Å². The first-order valence-electron chi connectivity index (χ1n) is 6.82. The molecule has 2 unspecified atom stereocenters. The van der Waals surface area contributed by atoms with Crippen LogP contribution >= 0.6 is 0 Å². The quantitative estimate of drug-likeness (QED) is 0.808. The molecule has 0 fully saturated rings. The third kappa shape index (κ3) is 4.29. The van der Waals surface area contributed by atoms with E-state index in [1.165, 1.54) is 0 Å². The molecule has 0 aliphatic carbocycles. The summed E-state index contributed by atoms with van der Waals surface area (Å²) in [6, 6.07) is 12.2. The van der Waals surface area contributed by atoms with E-state index in [1.807, 2.05) is 25.1 Å². The molecule has 2 rings (SSSR count). The third-order valence-electron chi connectivity index (χ3n) is 3.13. The molecule has 0 spiro atoms. The second-order valence-electron chi connectivity index (χ2n) is 4.87. The average Bonchev–Trinajstić information content (AvgIpc) is 2.48. The van der Waals surface area contributed by atoms with Crippen LogP contribution in [0.2, 0.25) is 0 Å². The summed E-state index contributed by atoms with van der Waals surface area (Å²) in [4.78, 5) is 16.1. The van der Waals surface area contributed by atoms with Gasteiger partial charge in [-0.25, -0.2) is 4.79 Å². The number of carbonyl (C=O) groups is 1. The molecule has 5 nitrogen and oxygen atoms in total. The Morgan fingerprint density at radius 3 is 2.43 bits per heavy atom. The molecule has 5 heteroatoms. The van der Waals surface area contributed by atoms with Crippen LogP contribution in [0.15, 0.2) is 48.7 Å². The molecule has 0 aliphatic heterocycles. The van der Waals surface area contributed by atoms with Gasteiger partial charge in [-0.2, -0.15) is 0 Å². The lowest BCUT2D eigenvalue weighted by Crippen LogP contribution is -2.31. The molecule has 1 heterocycles. The number of hydrogen-bond acceptors (Lipinski definition) is 3. The Morgan fingerprint density at radius 2 is 1.86 bits per heavy atom. The van der Waals surface area contributed by atoms with Crippen molar-refractivity contribution in [3.8, 4) is 0 Å². The maximum atomic E-state index is 11.9. The summed E-state index contributed by atoms with van der Waals surface area (Å²) in [6.07, 6.45) is 1.18. The van der Waals surface area contributed by atoms with Crippen molar-refractivity contribution in [2.45, 2.75) is 26.0 Å². The van der Waals surface area contributed by atoms with Crippen LogP contribution in [0.4, 0.5) is 10.5 Å². The number of rotatable bonds is 4. The normalized spacial score (nSPS) is 13.3. The van der Waals surface area contributed by atoms with Crippen LogP contribution in [0, 0.1) is 0 Å². The van der Waals surface area contributed by atoms with Gasteiger partial charge in [0.25, 0.3) is 0 Å². The van der Waals surface area contributed by atoms with Gasteiger partial charge in [0.1, 0.15) is 0 Å². The molecular weight excluding hydrogens is 266 g/mol. The van der Waals surface area contributed by atoms with E-state index >= 15 is 0 Å². The summed E-state index contributed by atoms with van der Waals surface area (Å²) in [6.45, 7) is 3.57. The van der Waals surface area contributed by atoms with E-state index in [9.17, 15) is 9.90 Å². The minimum Gasteiger partial charge on any atom is -0.389 e. The Morgan fingerprint density at radius 1 is 1.14 bits per heavy atom. The van der Waals surface area contributed by atoms with Gasteiger partial charge in [-0.15, -0.1) is 0 Å². The van der Waals surface area contributed by atoms with Crippen molar-refractivity contribution >= 4 is 11.7 Å². The van der Waals surface area contributed by atoms with Crippen LogP contribution in [0.1, 0.15) is 37.3 Å². The van der Waals surface area contributed by atoms with Crippen LogP contribution in [-0.2, 0) is 0 Å². The molecule has 0 saturated heterocycles. The summed E-state index contributed by atoms with van der Waals surface area (Å²) < 4.78 is 0. The Bertz CT molecular complexity index is 582. The predicted molar refractivity (Wildman–Crippen MR) is 81.9 cm³/mol. The maximum Gasteiger partial charge on any atom is 0.319 e. The highest BCUT2D eigenvalue weighted by Gasteiger charge is 2.10. The van der Waals surface area contributed by atoms with Crippen LogP contribution in [0.25, 0.3) is 0 Å². The highest BCUT2D eigenvalue weighted by atomic mass is 16.3. The van der Waals surface area contributed by atoms with Gasteiger partial charge >= 0.3 is 6.03 Å². The predicted octanol–water partition coefficient (Wildman–Crippen LogP) is 3.02. The minimum atomic E-state index is -0.517. The van der Waals surface area contributed by atoms with Gasteiger partial charge in [0.2, 0.25) is 0 Å². The van der Waals surface area contributed by atoms with E-state index in [0.29, 0.717) is 5.69 Å². The largest absolute Gasteiger partial charge is 0.389 e. The molecule has 0 radical (unpaired) electrons. The number of amides is 2. The number of benzene rings is 1. The second kappa shape index (κ2) is 6.85. The van der Waals surface area contributed by atoms with Gasteiger partial charge < -0.3 is 15.7 Å². The number of urea groups is 1. The zero-order valence-corrected chi connectivity index (χ0v) is 12.1. The van der Waals surface area contributed by atoms with Gasteiger partial charge in [-0.3, -0.25) is 4.98 Å². The van der Waals surface area contributed by atoms with E-state index in [1.54, 1.807) is 37.4 Å². The molecule has 0 bridgehead atoms. The van der Waals surface area contributed by atoms with Gasteiger partial charge in [-0.05, 0) is 43.7 Å². The molecule has 2 atom stereocenters. The first-order chi connectivity index (χ1) is 10.1. The number of nitrogens with one attached hydrogen (secondary N) is 2. The lowest BCUT2D eigenvalue weighted by atomic mass is 10.1. The zero-order chi connectivity index (χ0) is 15.2. The molecule has 1 aromatic heterocycles. The fraction of sp³-hybridized carbons (Fsp3) is 0.250. The molecule has 2 aromatic rings. The molecule has 21 heavy (non-hydrogen) atoms. The number of hydrogen-bond donors (Lipinski definition) is 3. The standard InChI is InChI=1S/C16H19N3O2/c1-11(15-5-3-4-10-17-15)18-16(21)19-14-8-6-13(7-9-14)12(2)20/h3-12,20H,1-2H3,(H2,18,19,21). The van der Waals surface area contributed by atoms with Gasteiger partial charge in [0.05, 0.1) is 17.8 Å². The summed E-state index contributed by atoms with van der Waals surface area (Å²) >= 11 is 0. The molecule has 110 valence electrons.